The van der Waals surface area contributed by atoms with Gasteiger partial charge in [0.05, 0.1) is 29.9 Å². The number of alkyl halides is 3. The summed E-state index contributed by atoms with van der Waals surface area (Å²) < 4.78 is 39.2. The minimum absolute atomic E-state index is 0.0828. The van der Waals surface area contributed by atoms with Crippen LogP contribution >= 0.6 is 11.3 Å². The molecule has 2 aliphatic rings. The minimum Gasteiger partial charge on any atom is -0.359 e. The highest BCUT2D eigenvalue weighted by molar-refractivity contribution is 7.09. The zero-order chi connectivity index (χ0) is 23.7. The van der Waals surface area contributed by atoms with Gasteiger partial charge in [-0.3, -0.25) is 14.7 Å². The molecule has 0 unspecified atom stereocenters. The lowest BCUT2D eigenvalue weighted by Gasteiger charge is -2.46. The van der Waals surface area contributed by atoms with Crippen molar-refractivity contribution in [2.75, 3.05) is 25.0 Å². The Bertz CT molecular complexity index is 1140. The largest absolute Gasteiger partial charge is 0.416 e. The predicted octanol–water partition coefficient (Wildman–Crippen LogP) is 4.04. The quantitative estimate of drug-likeness (QED) is 0.543. The second kappa shape index (κ2) is 9.46. The van der Waals surface area contributed by atoms with Crippen LogP contribution in [-0.4, -0.2) is 57.7 Å². The van der Waals surface area contributed by atoms with Crippen LogP contribution in [0.25, 0.3) is 10.8 Å². The number of rotatable bonds is 6. The smallest absolute Gasteiger partial charge is 0.359 e. The topological polar surface area (TPSA) is 83.0 Å². The van der Waals surface area contributed by atoms with Gasteiger partial charge in [-0.15, -0.1) is 16.4 Å². The van der Waals surface area contributed by atoms with Crippen molar-refractivity contribution in [3.63, 3.8) is 0 Å². The van der Waals surface area contributed by atoms with Crippen molar-refractivity contribution in [3.05, 3.63) is 46.5 Å². The maximum atomic E-state index is 13.1. The van der Waals surface area contributed by atoms with E-state index in [1.165, 1.54) is 30.0 Å². The Labute approximate surface area is 198 Å². The molecule has 0 bridgehead atoms. The maximum absolute atomic E-state index is 13.1. The molecule has 0 spiro atoms. The molecular weight excluding hydrogens is 465 g/mol. The Balaban J connectivity index is 1.09. The van der Waals surface area contributed by atoms with Gasteiger partial charge in [-0.25, -0.2) is 0 Å². The van der Waals surface area contributed by atoms with Crippen molar-refractivity contribution in [1.29, 1.82) is 0 Å². The van der Waals surface area contributed by atoms with Crippen LogP contribution in [-0.2, 0) is 11.0 Å². The lowest BCUT2D eigenvalue weighted by molar-refractivity contribution is -0.137. The van der Waals surface area contributed by atoms with E-state index in [9.17, 15) is 18.0 Å². The highest BCUT2D eigenvalue weighted by Gasteiger charge is 2.35. The molecule has 1 saturated carbocycles. The molecule has 0 radical (unpaired) electrons. The first-order chi connectivity index (χ1) is 16.4. The molecule has 34 heavy (non-hydrogen) atoms. The van der Waals surface area contributed by atoms with Crippen molar-refractivity contribution < 1.29 is 18.0 Å². The number of amides is 1. The Morgan fingerprint density at radius 1 is 1.15 bits per heavy atom. The molecule has 3 aromatic rings. The lowest BCUT2D eigenvalue weighted by atomic mass is 9.83. The second-order valence-corrected chi connectivity index (χ2v) is 9.89. The van der Waals surface area contributed by atoms with Crippen molar-refractivity contribution in [1.82, 2.24) is 25.4 Å². The number of thiazole rings is 1. The number of anilines is 1. The SMILES string of the molecule is O=C(CNc1nncc2ccc(C(F)(F)F)cc12)NC1CN(C2CCC(c3cncs3)CC2)C1. The van der Waals surface area contributed by atoms with Crippen LogP contribution in [0.3, 0.4) is 0 Å². The molecule has 2 N–H and O–H groups in total. The highest BCUT2D eigenvalue weighted by Crippen LogP contribution is 2.37. The van der Waals surface area contributed by atoms with E-state index in [1.54, 1.807) is 11.3 Å². The molecule has 0 atom stereocenters. The van der Waals surface area contributed by atoms with Gasteiger partial charge >= 0.3 is 6.18 Å². The van der Waals surface area contributed by atoms with E-state index in [2.05, 4.69) is 30.7 Å². The lowest BCUT2D eigenvalue weighted by Crippen LogP contribution is -2.63. The third-order valence-electron chi connectivity index (χ3n) is 6.75. The fourth-order valence-corrected chi connectivity index (χ4v) is 5.67. The molecule has 1 aromatic carbocycles. The van der Waals surface area contributed by atoms with Crippen LogP contribution in [0.4, 0.5) is 19.0 Å². The van der Waals surface area contributed by atoms with Gasteiger partial charge in [0.2, 0.25) is 5.91 Å². The average Bonchev–Trinajstić information content (AvgIpc) is 3.34. The fraction of sp³-hybridized carbons (Fsp3) is 0.478. The molecule has 11 heteroatoms. The Morgan fingerprint density at radius 2 is 1.94 bits per heavy atom. The number of nitrogens with zero attached hydrogens (tertiary/aromatic N) is 4. The van der Waals surface area contributed by atoms with Gasteiger partial charge in [0.25, 0.3) is 0 Å². The fourth-order valence-electron chi connectivity index (χ4n) is 4.88. The molecule has 7 nitrogen and oxygen atoms in total. The summed E-state index contributed by atoms with van der Waals surface area (Å²) in [5.74, 6) is 0.562. The van der Waals surface area contributed by atoms with Gasteiger partial charge in [-0.1, -0.05) is 6.07 Å². The highest BCUT2D eigenvalue weighted by atomic mass is 32.1. The van der Waals surface area contributed by atoms with Gasteiger partial charge in [-0.2, -0.15) is 18.3 Å². The van der Waals surface area contributed by atoms with Gasteiger partial charge in [0, 0.05) is 41.0 Å². The first-order valence-electron chi connectivity index (χ1n) is 11.3. The minimum atomic E-state index is -4.46. The molecule has 3 heterocycles. The maximum Gasteiger partial charge on any atom is 0.416 e. The van der Waals surface area contributed by atoms with Crippen LogP contribution in [0, 0.1) is 0 Å². The summed E-state index contributed by atoms with van der Waals surface area (Å²) in [6, 6.07) is 4.03. The number of halogens is 3. The van der Waals surface area contributed by atoms with Crippen LogP contribution in [0.1, 0.15) is 42.0 Å². The Hall–Kier alpha value is -2.79. The van der Waals surface area contributed by atoms with Gasteiger partial charge in [0.15, 0.2) is 5.82 Å². The Kier molecular flexibility index (Phi) is 6.39. The molecule has 180 valence electrons. The molecule has 1 aliphatic carbocycles. The van der Waals surface area contributed by atoms with E-state index in [4.69, 9.17) is 0 Å². The van der Waals surface area contributed by atoms with E-state index in [-0.39, 0.29) is 29.7 Å². The summed E-state index contributed by atoms with van der Waals surface area (Å²) in [4.78, 5) is 20.4. The van der Waals surface area contributed by atoms with E-state index in [0.717, 1.165) is 38.1 Å². The van der Waals surface area contributed by atoms with E-state index >= 15 is 0 Å². The number of hydrogen-bond acceptors (Lipinski definition) is 7. The van der Waals surface area contributed by atoms with Gasteiger partial charge in [0.1, 0.15) is 0 Å². The molecule has 1 aliphatic heterocycles. The summed E-state index contributed by atoms with van der Waals surface area (Å²) in [5.41, 5.74) is 1.13. The Morgan fingerprint density at radius 3 is 2.65 bits per heavy atom. The number of carbonyl (C=O) groups is 1. The summed E-state index contributed by atoms with van der Waals surface area (Å²) in [7, 11) is 0. The molecule has 2 fully saturated rings. The molecule has 5 rings (SSSR count). The normalized spacial score (nSPS) is 21.9. The van der Waals surface area contributed by atoms with Crippen LogP contribution in [0.2, 0.25) is 0 Å². The van der Waals surface area contributed by atoms with Crippen molar-refractivity contribution in [3.8, 4) is 0 Å². The summed E-state index contributed by atoms with van der Waals surface area (Å²) in [6.45, 7) is 1.57. The first-order valence-corrected chi connectivity index (χ1v) is 12.2. The number of carbonyl (C=O) groups excluding carboxylic acids is 1. The third kappa shape index (κ3) is 5.00. The summed E-state index contributed by atoms with van der Waals surface area (Å²) >= 11 is 1.73. The van der Waals surface area contributed by atoms with Crippen LogP contribution < -0.4 is 10.6 Å². The van der Waals surface area contributed by atoms with Crippen molar-refractivity contribution in [2.24, 2.45) is 0 Å². The standard InChI is InChI=1S/C23H25F3N6OS/c24-23(25,26)16-4-1-15-8-29-31-22(19(15)7-16)28-10-21(33)30-17-11-32(12-17)18-5-2-14(3-6-18)20-9-27-13-34-20/h1,4,7-9,13-14,17-18H,2-3,5-6,10-12H2,(H,28,31)(H,30,33). The second-order valence-electron chi connectivity index (χ2n) is 8.97. The number of fused-ring (bicyclic) bond motifs is 1. The number of hydrogen-bond donors (Lipinski definition) is 2. The number of aromatic nitrogens is 3. The predicted molar refractivity (Wildman–Crippen MR) is 124 cm³/mol. The molecule has 2 aromatic heterocycles. The van der Waals surface area contributed by atoms with E-state index in [0.29, 0.717) is 17.3 Å². The first kappa shape index (κ1) is 23.0. The number of nitrogens with one attached hydrogen (secondary N) is 2. The average molecular weight is 491 g/mol. The van der Waals surface area contributed by atoms with E-state index in [1.807, 2.05) is 11.7 Å². The summed E-state index contributed by atoms with van der Waals surface area (Å²) in [6.07, 6.45) is 3.59. The van der Waals surface area contributed by atoms with Crippen LogP contribution in [0.5, 0.6) is 0 Å². The number of benzene rings is 1. The summed E-state index contributed by atoms with van der Waals surface area (Å²) in [5, 5.41) is 14.3. The zero-order valence-electron chi connectivity index (χ0n) is 18.4. The molecular formula is C23H25F3N6OS. The zero-order valence-corrected chi connectivity index (χ0v) is 19.2. The third-order valence-corrected chi connectivity index (χ3v) is 7.69. The monoisotopic (exact) mass is 490 g/mol. The molecule has 1 saturated heterocycles. The van der Waals surface area contributed by atoms with Crippen molar-refractivity contribution in [2.45, 2.75) is 49.9 Å². The van der Waals surface area contributed by atoms with Crippen molar-refractivity contribution >= 4 is 33.8 Å². The number of likely N-dealkylation sites (tertiary alicyclic amines) is 1. The van der Waals surface area contributed by atoms with Gasteiger partial charge in [-0.05, 0) is 43.7 Å². The van der Waals surface area contributed by atoms with Crippen LogP contribution in [0.15, 0.2) is 36.1 Å². The van der Waals surface area contributed by atoms with E-state index < -0.39 is 11.7 Å². The van der Waals surface area contributed by atoms with Gasteiger partial charge < -0.3 is 10.6 Å². The molecule has 1 amide bonds.